The van der Waals surface area contributed by atoms with Crippen molar-refractivity contribution in [3.05, 3.63) is 58.6 Å². The maximum absolute atomic E-state index is 5.91. The van der Waals surface area contributed by atoms with Gasteiger partial charge in [-0.05, 0) is 52.2 Å². The first kappa shape index (κ1) is 15.9. The van der Waals surface area contributed by atoms with Crippen LogP contribution in [0.1, 0.15) is 24.9 Å². The molecule has 1 unspecified atom stereocenters. The van der Waals surface area contributed by atoms with Gasteiger partial charge in [0.25, 0.3) is 0 Å². The van der Waals surface area contributed by atoms with E-state index in [9.17, 15) is 0 Å². The molecule has 4 heteroatoms. The zero-order chi connectivity index (χ0) is 15.1. The molecule has 0 heterocycles. The molecule has 0 aromatic heterocycles. The number of hydrogen-bond acceptors (Lipinski definition) is 3. The first-order chi connectivity index (χ1) is 10.2. The minimum atomic E-state index is 0.0731. The molecule has 0 radical (unpaired) electrons. The Morgan fingerprint density at radius 3 is 2.48 bits per heavy atom. The molecular weight excluding hydrogens is 328 g/mol. The van der Waals surface area contributed by atoms with Crippen molar-refractivity contribution in [1.29, 1.82) is 0 Å². The molecule has 0 spiro atoms. The van der Waals surface area contributed by atoms with E-state index in [1.807, 2.05) is 36.4 Å². The van der Waals surface area contributed by atoms with E-state index in [0.717, 1.165) is 34.5 Å². The molecule has 0 amide bonds. The molecule has 112 valence electrons. The summed E-state index contributed by atoms with van der Waals surface area (Å²) < 4.78 is 6.64. The number of benzene rings is 2. The first-order valence-electron chi connectivity index (χ1n) is 7.18. The average molecular weight is 349 g/mol. The maximum Gasteiger partial charge on any atom is 0.119 e. The molecule has 0 fully saturated rings. The average Bonchev–Trinajstić information content (AvgIpc) is 2.53. The van der Waals surface area contributed by atoms with Crippen LogP contribution >= 0.6 is 15.9 Å². The summed E-state index contributed by atoms with van der Waals surface area (Å²) in [4.78, 5) is 0. The van der Waals surface area contributed by atoms with Gasteiger partial charge in [0.05, 0.1) is 12.6 Å². The van der Waals surface area contributed by atoms with Crippen molar-refractivity contribution in [3.8, 4) is 5.75 Å². The minimum absolute atomic E-state index is 0.0731. The summed E-state index contributed by atoms with van der Waals surface area (Å²) in [5, 5.41) is 3.46. The SMILES string of the molecule is CCCOc1ccc(C(CN)Nc2ccccc2Br)cc1. The lowest BCUT2D eigenvalue weighted by molar-refractivity contribution is 0.317. The van der Waals surface area contributed by atoms with Gasteiger partial charge in [-0.15, -0.1) is 0 Å². The number of ether oxygens (including phenoxy) is 1. The third kappa shape index (κ3) is 4.48. The highest BCUT2D eigenvalue weighted by atomic mass is 79.9. The van der Waals surface area contributed by atoms with Crippen LogP contribution in [0.25, 0.3) is 0 Å². The standard InChI is InChI=1S/C17H21BrN2O/c1-2-11-21-14-9-7-13(8-10-14)17(12-19)20-16-6-4-3-5-15(16)18/h3-10,17,20H,2,11-12,19H2,1H3. The summed E-state index contributed by atoms with van der Waals surface area (Å²) in [6, 6.07) is 16.2. The van der Waals surface area contributed by atoms with E-state index in [0.29, 0.717) is 6.54 Å². The van der Waals surface area contributed by atoms with Crippen LogP contribution < -0.4 is 15.8 Å². The highest BCUT2D eigenvalue weighted by molar-refractivity contribution is 9.10. The number of halogens is 1. The Hall–Kier alpha value is -1.52. The number of nitrogens with two attached hydrogens (primary N) is 1. The second kappa shape index (κ2) is 8.05. The highest BCUT2D eigenvalue weighted by Crippen LogP contribution is 2.26. The topological polar surface area (TPSA) is 47.3 Å². The van der Waals surface area contributed by atoms with Crippen molar-refractivity contribution in [2.24, 2.45) is 5.73 Å². The highest BCUT2D eigenvalue weighted by Gasteiger charge is 2.11. The van der Waals surface area contributed by atoms with E-state index in [1.165, 1.54) is 0 Å². The summed E-state index contributed by atoms with van der Waals surface area (Å²) in [5.74, 6) is 0.900. The predicted molar refractivity (Wildman–Crippen MR) is 91.8 cm³/mol. The van der Waals surface area contributed by atoms with Crippen molar-refractivity contribution in [1.82, 2.24) is 0 Å². The van der Waals surface area contributed by atoms with E-state index in [1.54, 1.807) is 0 Å². The van der Waals surface area contributed by atoms with Gasteiger partial charge in [0.15, 0.2) is 0 Å². The van der Waals surface area contributed by atoms with Gasteiger partial charge in [-0.25, -0.2) is 0 Å². The number of rotatable bonds is 7. The fraction of sp³-hybridized carbons (Fsp3) is 0.294. The molecule has 0 aliphatic rings. The zero-order valence-corrected chi connectivity index (χ0v) is 13.8. The van der Waals surface area contributed by atoms with Gasteiger partial charge >= 0.3 is 0 Å². The Balaban J connectivity index is 2.08. The minimum Gasteiger partial charge on any atom is -0.494 e. The lowest BCUT2D eigenvalue weighted by atomic mass is 10.1. The predicted octanol–water partition coefficient (Wildman–Crippen LogP) is 4.35. The van der Waals surface area contributed by atoms with Gasteiger partial charge in [0, 0.05) is 16.7 Å². The second-order valence-electron chi connectivity index (χ2n) is 4.83. The van der Waals surface area contributed by atoms with Crippen molar-refractivity contribution >= 4 is 21.6 Å². The third-order valence-electron chi connectivity index (χ3n) is 3.19. The molecule has 0 bridgehead atoms. The Labute approximate surface area is 134 Å². The van der Waals surface area contributed by atoms with Crippen molar-refractivity contribution in [2.75, 3.05) is 18.5 Å². The van der Waals surface area contributed by atoms with E-state index < -0.39 is 0 Å². The molecule has 2 aromatic carbocycles. The van der Waals surface area contributed by atoms with E-state index >= 15 is 0 Å². The molecule has 21 heavy (non-hydrogen) atoms. The molecule has 0 saturated carbocycles. The zero-order valence-electron chi connectivity index (χ0n) is 12.2. The van der Waals surface area contributed by atoms with Gasteiger partial charge in [0.2, 0.25) is 0 Å². The molecule has 0 saturated heterocycles. The first-order valence-corrected chi connectivity index (χ1v) is 7.97. The molecule has 2 aromatic rings. The van der Waals surface area contributed by atoms with Crippen LogP contribution in [0.2, 0.25) is 0 Å². The molecular formula is C17H21BrN2O. The van der Waals surface area contributed by atoms with Crippen LogP contribution in [-0.2, 0) is 0 Å². The number of anilines is 1. The summed E-state index contributed by atoms with van der Waals surface area (Å²) in [6.07, 6.45) is 1.01. The van der Waals surface area contributed by atoms with E-state index in [-0.39, 0.29) is 6.04 Å². The monoisotopic (exact) mass is 348 g/mol. The van der Waals surface area contributed by atoms with Gasteiger partial charge in [-0.1, -0.05) is 31.2 Å². The number of para-hydroxylation sites is 1. The summed E-state index contributed by atoms with van der Waals surface area (Å²) in [6.45, 7) is 3.37. The molecule has 2 rings (SSSR count). The van der Waals surface area contributed by atoms with Crippen LogP contribution in [0.3, 0.4) is 0 Å². The van der Waals surface area contributed by atoms with E-state index in [4.69, 9.17) is 10.5 Å². The number of hydrogen-bond donors (Lipinski definition) is 2. The Morgan fingerprint density at radius 1 is 1.14 bits per heavy atom. The van der Waals surface area contributed by atoms with Gasteiger partial charge in [-0.3, -0.25) is 0 Å². The maximum atomic E-state index is 5.91. The van der Waals surface area contributed by atoms with Crippen LogP contribution in [0.4, 0.5) is 5.69 Å². The lowest BCUT2D eigenvalue weighted by Crippen LogP contribution is -2.20. The van der Waals surface area contributed by atoms with Crippen molar-refractivity contribution in [3.63, 3.8) is 0 Å². The van der Waals surface area contributed by atoms with Gasteiger partial charge in [0.1, 0.15) is 5.75 Å². The van der Waals surface area contributed by atoms with Crippen LogP contribution in [0, 0.1) is 0 Å². The Kier molecular flexibility index (Phi) is 6.08. The fourth-order valence-corrected chi connectivity index (χ4v) is 2.46. The molecule has 3 nitrogen and oxygen atoms in total. The van der Waals surface area contributed by atoms with Gasteiger partial charge in [-0.2, -0.15) is 0 Å². The second-order valence-corrected chi connectivity index (χ2v) is 5.68. The molecule has 0 aliphatic carbocycles. The largest absolute Gasteiger partial charge is 0.494 e. The Morgan fingerprint density at radius 2 is 1.86 bits per heavy atom. The quantitative estimate of drug-likeness (QED) is 0.781. The van der Waals surface area contributed by atoms with E-state index in [2.05, 4.69) is 40.3 Å². The van der Waals surface area contributed by atoms with Crippen LogP contribution in [-0.4, -0.2) is 13.2 Å². The fourth-order valence-electron chi connectivity index (χ4n) is 2.06. The van der Waals surface area contributed by atoms with Crippen LogP contribution in [0.5, 0.6) is 5.75 Å². The molecule has 0 aliphatic heterocycles. The summed E-state index contributed by atoms with van der Waals surface area (Å²) in [5.41, 5.74) is 8.10. The normalized spacial score (nSPS) is 12.0. The molecule has 3 N–H and O–H groups in total. The van der Waals surface area contributed by atoms with Crippen molar-refractivity contribution in [2.45, 2.75) is 19.4 Å². The number of nitrogens with one attached hydrogen (secondary N) is 1. The third-order valence-corrected chi connectivity index (χ3v) is 3.89. The van der Waals surface area contributed by atoms with Crippen LogP contribution in [0.15, 0.2) is 53.0 Å². The molecule has 1 atom stereocenters. The Bertz CT molecular complexity index is 557. The smallest absolute Gasteiger partial charge is 0.119 e. The van der Waals surface area contributed by atoms with Crippen molar-refractivity contribution < 1.29 is 4.74 Å². The lowest BCUT2D eigenvalue weighted by Gasteiger charge is -2.20. The van der Waals surface area contributed by atoms with Gasteiger partial charge < -0.3 is 15.8 Å². The summed E-state index contributed by atoms with van der Waals surface area (Å²) in [7, 11) is 0. The summed E-state index contributed by atoms with van der Waals surface area (Å²) >= 11 is 3.54.